The minimum atomic E-state index is -1.00. The number of ether oxygens (including phenoxy) is 1. The summed E-state index contributed by atoms with van der Waals surface area (Å²) < 4.78 is 50.1. The number of halogens is 3. The van der Waals surface area contributed by atoms with E-state index < -0.39 is 23.4 Å². The lowest BCUT2D eigenvalue weighted by molar-refractivity contribution is -0.136. The topological polar surface area (TPSA) is 91.0 Å². The predicted molar refractivity (Wildman–Crippen MR) is 132 cm³/mol. The smallest absolute Gasteiger partial charge is 0.303 e. The number of nitrogens with zero attached hydrogens (tertiary/aromatic N) is 1. The lowest BCUT2D eigenvalue weighted by Crippen LogP contribution is -2.02. The molecule has 0 spiro atoms. The van der Waals surface area contributed by atoms with Gasteiger partial charge in [-0.2, -0.15) is 0 Å². The largest absolute Gasteiger partial charge is 0.481 e. The van der Waals surface area contributed by atoms with Gasteiger partial charge in [0.25, 0.3) is 0 Å². The number of aliphatic carboxylic acids is 1. The molecule has 5 aromatic rings. The highest BCUT2D eigenvalue weighted by Gasteiger charge is 2.17. The Morgan fingerprint density at radius 3 is 2.68 bits per heavy atom. The van der Waals surface area contributed by atoms with E-state index in [0.29, 0.717) is 27.9 Å². The van der Waals surface area contributed by atoms with E-state index in [0.717, 1.165) is 5.39 Å². The maximum absolute atomic E-state index is 14.9. The van der Waals surface area contributed by atoms with E-state index in [1.165, 1.54) is 30.5 Å². The molecule has 0 unspecified atom stereocenters. The number of aromatic nitrogens is 3. The van der Waals surface area contributed by atoms with E-state index in [1.807, 2.05) is 6.07 Å². The molecule has 0 saturated carbocycles. The fraction of sp³-hybridized carbons (Fsp3) is 0.143. The quantitative estimate of drug-likeness (QED) is 0.219. The van der Waals surface area contributed by atoms with Crippen LogP contribution in [-0.4, -0.2) is 26.0 Å². The van der Waals surface area contributed by atoms with Crippen molar-refractivity contribution in [2.24, 2.45) is 0 Å². The summed E-state index contributed by atoms with van der Waals surface area (Å²) in [7, 11) is 0. The Bertz CT molecular complexity index is 1620. The Morgan fingerprint density at radius 2 is 1.86 bits per heavy atom. The van der Waals surface area contributed by atoms with Gasteiger partial charge in [-0.15, -0.1) is 0 Å². The lowest BCUT2D eigenvalue weighted by atomic mass is 10.0. The van der Waals surface area contributed by atoms with Gasteiger partial charge in [0, 0.05) is 53.5 Å². The van der Waals surface area contributed by atoms with Gasteiger partial charge >= 0.3 is 5.97 Å². The Balaban J connectivity index is 1.39. The van der Waals surface area contributed by atoms with Crippen molar-refractivity contribution in [2.75, 3.05) is 0 Å². The number of carboxylic acid groups (broad SMARTS) is 1. The van der Waals surface area contributed by atoms with E-state index in [4.69, 9.17) is 9.84 Å². The minimum absolute atomic E-state index is 0.0445. The second kappa shape index (κ2) is 9.85. The summed E-state index contributed by atoms with van der Waals surface area (Å²) >= 11 is 0. The molecule has 0 saturated heterocycles. The monoisotopic (exact) mass is 505 g/mol. The van der Waals surface area contributed by atoms with Crippen molar-refractivity contribution in [3.63, 3.8) is 0 Å². The van der Waals surface area contributed by atoms with Crippen LogP contribution in [0, 0.1) is 24.4 Å². The average Bonchev–Trinajstić information content (AvgIpc) is 3.53. The summed E-state index contributed by atoms with van der Waals surface area (Å²) in [5, 5.41) is 9.68. The number of imidazole rings is 1. The Kier molecular flexibility index (Phi) is 6.43. The zero-order valence-electron chi connectivity index (χ0n) is 19.7. The molecule has 0 aliphatic rings. The van der Waals surface area contributed by atoms with Crippen LogP contribution in [0.25, 0.3) is 22.3 Å². The molecule has 0 radical (unpaired) electrons. The summed E-state index contributed by atoms with van der Waals surface area (Å²) in [6.07, 6.45) is 3.25. The first-order valence-corrected chi connectivity index (χ1v) is 11.6. The van der Waals surface area contributed by atoms with Crippen LogP contribution in [0.4, 0.5) is 13.2 Å². The van der Waals surface area contributed by atoms with E-state index in [9.17, 15) is 18.0 Å². The van der Waals surface area contributed by atoms with Crippen LogP contribution < -0.4 is 4.74 Å². The van der Waals surface area contributed by atoms with E-state index >= 15 is 0 Å². The maximum atomic E-state index is 14.9. The van der Waals surface area contributed by atoms with Crippen molar-refractivity contribution < 1.29 is 27.8 Å². The van der Waals surface area contributed by atoms with Crippen LogP contribution in [0.3, 0.4) is 0 Å². The summed E-state index contributed by atoms with van der Waals surface area (Å²) in [6, 6.07) is 12.0. The van der Waals surface area contributed by atoms with Gasteiger partial charge in [0.2, 0.25) is 0 Å². The second-order valence-corrected chi connectivity index (χ2v) is 8.71. The van der Waals surface area contributed by atoms with Crippen molar-refractivity contribution in [3.8, 4) is 22.9 Å². The van der Waals surface area contributed by atoms with Crippen molar-refractivity contribution in [3.05, 3.63) is 101 Å². The van der Waals surface area contributed by atoms with Crippen molar-refractivity contribution >= 4 is 16.9 Å². The van der Waals surface area contributed by atoms with E-state index in [-0.39, 0.29) is 42.1 Å². The molecular weight excluding hydrogens is 483 g/mol. The molecule has 0 aliphatic heterocycles. The number of aromatic amines is 2. The zero-order valence-corrected chi connectivity index (χ0v) is 19.7. The maximum Gasteiger partial charge on any atom is 0.303 e. The third-order valence-corrected chi connectivity index (χ3v) is 6.20. The van der Waals surface area contributed by atoms with Crippen molar-refractivity contribution in [2.45, 2.75) is 26.2 Å². The Hall–Kier alpha value is -4.53. The molecule has 0 fully saturated rings. The van der Waals surface area contributed by atoms with E-state index in [1.54, 1.807) is 31.3 Å². The van der Waals surface area contributed by atoms with Crippen LogP contribution in [0.15, 0.2) is 60.9 Å². The van der Waals surface area contributed by atoms with Gasteiger partial charge in [-0.05, 0) is 48.7 Å². The highest BCUT2D eigenvalue weighted by atomic mass is 19.1. The minimum Gasteiger partial charge on any atom is -0.481 e. The molecule has 0 aliphatic carbocycles. The van der Waals surface area contributed by atoms with Gasteiger partial charge in [-0.1, -0.05) is 18.2 Å². The molecule has 3 N–H and O–H groups in total. The Labute approximate surface area is 209 Å². The number of fused-ring (bicyclic) bond motifs is 1. The molecule has 3 aromatic carbocycles. The predicted octanol–water partition coefficient (Wildman–Crippen LogP) is 6.68. The molecule has 0 amide bonds. The fourth-order valence-electron chi connectivity index (χ4n) is 4.31. The van der Waals surface area contributed by atoms with E-state index in [2.05, 4.69) is 15.0 Å². The normalized spacial score (nSPS) is 11.2. The molecule has 188 valence electrons. The van der Waals surface area contributed by atoms with Crippen molar-refractivity contribution in [1.82, 2.24) is 15.0 Å². The SMILES string of the molecule is Cc1c(Oc2ccc(F)c(-c3ncc(Cc4cccc(CCC(=O)O)c4F)[nH]3)c2)c(F)cc2[nH]ccc12. The van der Waals surface area contributed by atoms with Crippen LogP contribution in [0.2, 0.25) is 0 Å². The first-order chi connectivity index (χ1) is 17.8. The lowest BCUT2D eigenvalue weighted by Gasteiger charge is -2.12. The number of benzene rings is 3. The molecule has 2 aromatic heterocycles. The third kappa shape index (κ3) is 4.93. The third-order valence-electron chi connectivity index (χ3n) is 6.20. The molecule has 0 atom stereocenters. The number of hydrogen-bond acceptors (Lipinski definition) is 3. The van der Waals surface area contributed by atoms with Gasteiger partial charge < -0.3 is 19.8 Å². The summed E-state index contributed by atoms with van der Waals surface area (Å²) in [5.41, 5.74) is 2.58. The summed E-state index contributed by atoms with van der Waals surface area (Å²) in [5.74, 6) is -2.11. The first-order valence-electron chi connectivity index (χ1n) is 11.6. The van der Waals surface area contributed by atoms with Crippen LogP contribution in [0.5, 0.6) is 11.5 Å². The molecule has 5 rings (SSSR count). The molecule has 2 heterocycles. The molecule has 6 nitrogen and oxygen atoms in total. The molecule has 37 heavy (non-hydrogen) atoms. The van der Waals surface area contributed by atoms with Gasteiger partial charge in [-0.3, -0.25) is 4.79 Å². The number of carboxylic acids is 1. The molecule has 0 bridgehead atoms. The van der Waals surface area contributed by atoms with Crippen LogP contribution in [0.1, 0.15) is 28.8 Å². The highest BCUT2D eigenvalue weighted by molar-refractivity contribution is 5.85. The first kappa shape index (κ1) is 24.2. The van der Waals surface area contributed by atoms with Crippen LogP contribution in [-0.2, 0) is 17.6 Å². The van der Waals surface area contributed by atoms with Gasteiger partial charge in [0.05, 0.1) is 5.56 Å². The molecular formula is C28H22F3N3O3. The number of aryl methyl sites for hydroxylation is 2. The highest BCUT2D eigenvalue weighted by Crippen LogP contribution is 2.35. The van der Waals surface area contributed by atoms with Gasteiger partial charge in [0.1, 0.15) is 23.2 Å². The van der Waals surface area contributed by atoms with Crippen LogP contribution >= 0.6 is 0 Å². The fourth-order valence-corrected chi connectivity index (χ4v) is 4.31. The van der Waals surface area contributed by atoms with Gasteiger partial charge in [-0.25, -0.2) is 18.2 Å². The number of rotatable bonds is 8. The summed E-state index contributed by atoms with van der Waals surface area (Å²) in [6.45, 7) is 1.74. The average molecular weight is 505 g/mol. The number of H-pyrrole nitrogens is 2. The van der Waals surface area contributed by atoms with Gasteiger partial charge in [0.15, 0.2) is 11.6 Å². The standard InChI is InChI=1S/C28H22F3N3O3/c1-15-20-9-10-32-24(20)13-23(30)27(15)37-19-6-7-22(29)21(12-19)28-33-14-18(34-28)11-17-4-2-3-16(26(17)31)5-8-25(35)36/h2-4,6-7,9-10,12-14,32H,5,8,11H2,1H3,(H,33,34)(H,35,36). The van der Waals surface area contributed by atoms with Crippen molar-refractivity contribution in [1.29, 1.82) is 0 Å². The number of nitrogens with one attached hydrogen (secondary N) is 2. The number of hydrogen-bond donors (Lipinski definition) is 3. The zero-order chi connectivity index (χ0) is 26.1. The molecule has 9 heteroatoms. The summed E-state index contributed by atoms with van der Waals surface area (Å²) in [4.78, 5) is 21.0. The number of carbonyl (C=O) groups is 1. The second-order valence-electron chi connectivity index (χ2n) is 8.71. The Morgan fingerprint density at radius 1 is 1.05 bits per heavy atom.